The summed E-state index contributed by atoms with van der Waals surface area (Å²) >= 11 is 6.00. The summed E-state index contributed by atoms with van der Waals surface area (Å²) in [4.78, 5) is 25.0. The lowest BCUT2D eigenvalue weighted by atomic mass is 10.1. The van der Waals surface area contributed by atoms with Crippen molar-refractivity contribution in [1.82, 2.24) is 15.0 Å². The van der Waals surface area contributed by atoms with Gasteiger partial charge in [-0.25, -0.2) is 9.97 Å². The zero-order valence-corrected chi connectivity index (χ0v) is 14.9. The van der Waals surface area contributed by atoms with Gasteiger partial charge in [0, 0.05) is 18.0 Å². The molecule has 1 amide bonds. The molecule has 4 aromatic rings. The Labute approximate surface area is 159 Å². The van der Waals surface area contributed by atoms with Crippen LogP contribution in [0.15, 0.2) is 59.3 Å². The number of carbonyl (C=O) groups excluding carboxylic acids is 1. The second-order valence-corrected chi connectivity index (χ2v) is 5.91. The van der Waals surface area contributed by atoms with Gasteiger partial charge in [-0.15, -0.1) is 0 Å². The molecule has 0 unspecified atom stereocenters. The van der Waals surface area contributed by atoms with Crippen molar-refractivity contribution in [2.45, 2.75) is 0 Å². The zero-order chi connectivity index (χ0) is 18.8. The van der Waals surface area contributed by atoms with Gasteiger partial charge in [0.05, 0.1) is 18.4 Å². The predicted molar refractivity (Wildman–Crippen MR) is 101 cm³/mol. The fourth-order valence-corrected chi connectivity index (χ4v) is 2.78. The first-order valence-corrected chi connectivity index (χ1v) is 8.35. The van der Waals surface area contributed by atoms with Crippen molar-refractivity contribution in [3.8, 4) is 17.2 Å². The molecule has 4 rings (SSSR count). The van der Waals surface area contributed by atoms with E-state index in [-0.39, 0.29) is 10.7 Å². The van der Waals surface area contributed by atoms with E-state index >= 15 is 0 Å². The molecule has 27 heavy (non-hydrogen) atoms. The van der Waals surface area contributed by atoms with Crippen LogP contribution in [0.5, 0.6) is 5.75 Å². The van der Waals surface area contributed by atoms with E-state index in [2.05, 4.69) is 20.3 Å². The maximum absolute atomic E-state index is 12.6. The summed E-state index contributed by atoms with van der Waals surface area (Å²) in [6.45, 7) is 0. The van der Waals surface area contributed by atoms with E-state index in [0.29, 0.717) is 34.1 Å². The van der Waals surface area contributed by atoms with E-state index in [1.807, 2.05) is 0 Å². The standard InChI is InChI=1S/C19H13ClN4O3/c1-26-14-7-6-11(19-24-17-15(27-19)5-3-9-22-17)10-13(14)23-18(25)12-4-2-8-21-16(12)20/h2-10H,1H3,(H,23,25). The number of aromatic nitrogens is 3. The number of methoxy groups -OCH3 is 1. The van der Waals surface area contributed by atoms with Crippen LogP contribution in [0.4, 0.5) is 5.69 Å². The average molecular weight is 381 g/mol. The van der Waals surface area contributed by atoms with Gasteiger partial charge in [0.15, 0.2) is 11.2 Å². The molecule has 3 heterocycles. The Bertz CT molecular complexity index is 1110. The number of nitrogens with zero attached hydrogens (tertiary/aromatic N) is 3. The Hall–Kier alpha value is -3.45. The largest absolute Gasteiger partial charge is 0.495 e. The third-order valence-electron chi connectivity index (χ3n) is 3.86. The number of halogens is 1. The molecule has 0 aliphatic carbocycles. The number of pyridine rings is 2. The maximum Gasteiger partial charge on any atom is 0.258 e. The van der Waals surface area contributed by atoms with Crippen molar-refractivity contribution < 1.29 is 13.9 Å². The lowest BCUT2D eigenvalue weighted by molar-refractivity contribution is 0.102. The van der Waals surface area contributed by atoms with Gasteiger partial charge in [0.2, 0.25) is 5.89 Å². The number of oxazole rings is 1. The molecule has 0 aliphatic heterocycles. The van der Waals surface area contributed by atoms with Crippen LogP contribution >= 0.6 is 11.6 Å². The molecule has 0 saturated heterocycles. The van der Waals surface area contributed by atoms with Crippen LogP contribution in [0.25, 0.3) is 22.7 Å². The molecule has 0 radical (unpaired) electrons. The molecule has 0 atom stereocenters. The first kappa shape index (κ1) is 17.0. The summed E-state index contributed by atoms with van der Waals surface area (Å²) < 4.78 is 11.1. The highest BCUT2D eigenvalue weighted by Crippen LogP contribution is 2.32. The summed E-state index contributed by atoms with van der Waals surface area (Å²) in [5, 5.41) is 2.91. The minimum Gasteiger partial charge on any atom is -0.495 e. The predicted octanol–water partition coefficient (Wildman–Crippen LogP) is 4.20. The molecule has 1 N–H and O–H groups in total. The first-order chi connectivity index (χ1) is 13.2. The number of amides is 1. The van der Waals surface area contributed by atoms with E-state index in [1.165, 1.54) is 13.3 Å². The average Bonchev–Trinajstić information content (AvgIpc) is 3.12. The number of hydrogen-bond donors (Lipinski definition) is 1. The van der Waals surface area contributed by atoms with E-state index < -0.39 is 5.91 Å². The summed E-state index contributed by atoms with van der Waals surface area (Å²) in [5.74, 6) is 0.477. The minimum absolute atomic E-state index is 0.121. The van der Waals surface area contributed by atoms with Gasteiger partial charge in [-0.3, -0.25) is 4.79 Å². The Kier molecular flexibility index (Phi) is 4.43. The van der Waals surface area contributed by atoms with E-state index in [0.717, 1.165) is 0 Å². The molecule has 8 heteroatoms. The van der Waals surface area contributed by atoms with Gasteiger partial charge in [-0.2, -0.15) is 4.98 Å². The molecule has 0 spiro atoms. The quantitative estimate of drug-likeness (QED) is 0.533. The number of anilines is 1. The highest BCUT2D eigenvalue weighted by atomic mass is 35.5. The van der Waals surface area contributed by atoms with Crippen LogP contribution in [-0.2, 0) is 0 Å². The van der Waals surface area contributed by atoms with Crippen LogP contribution in [0.3, 0.4) is 0 Å². The first-order valence-electron chi connectivity index (χ1n) is 7.97. The molecule has 3 aromatic heterocycles. The third-order valence-corrected chi connectivity index (χ3v) is 4.16. The molecule has 0 fully saturated rings. The lowest BCUT2D eigenvalue weighted by Crippen LogP contribution is -2.13. The molecule has 1 aromatic carbocycles. The smallest absolute Gasteiger partial charge is 0.258 e. The molecule has 0 saturated carbocycles. The fourth-order valence-electron chi connectivity index (χ4n) is 2.58. The van der Waals surface area contributed by atoms with Crippen LogP contribution in [0.1, 0.15) is 10.4 Å². The van der Waals surface area contributed by atoms with Gasteiger partial charge >= 0.3 is 0 Å². The second kappa shape index (κ2) is 7.05. The van der Waals surface area contributed by atoms with Gasteiger partial charge in [-0.1, -0.05) is 11.6 Å². The van der Waals surface area contributed by atoms with E-state index in [9.17, 15) is 4.79 Å². The topological polar surface area (TPSA) is 90.1 Å². The van der Waals surface area contributed by atoms with Crippen molar-refractivity contribution in [1.29, 1.82) is 0 Å². The van der Waals surface area contributed by atoms with Gasteiger partial charge in [0.1, 0.15) is 10.9 Å². The zero-order valence-electron chi connectivity index (χ0n) is 14.1. The van der Waals surface area contributed by atoms with Gasteiger partial charge in [-0.05, 0) is 42.5 Å². The Morgan fingerprint density at radius 3 is 2.74 bits per heavy atom. The number of rotatable bonds is 4. The van der Waals surface area contributed by atoms with Crippen molar-refractivity contribution in [3.05, 3.63) is 65.6 Å². The van der Waals surface area contributed by atoms with Gasteiger partial charge < -0.3 is 14.5 Å². The normalized spacial score (nSPS) is 10.7. The molecule has 134 valence electrons. The van der Waals surface area contributed by atoms with Crippen LogP contribution < -0.4 is 10.1 Å². The number of benzene rings is 1. The Morgan fingerprint density at radius 2 is 1.96 bits per heavy atom. The SMILES string of the molecule is COc1ccc(-c2nc3ncccc3o2)cc1NC(=O)c1cccnc1Cl. The minimum atomic E-state index is -0.400. The molecular weight excluding hydrogens is 368 g/mol. The Morgan fingerprint density at radius 1 is 1.15 bits per heavy atom. The number of nitrogens with one attached hydrogen (secondary N) is 1. The fraction of sp³-hybridized carbons (Fsp3) is 0.0526. The van der Waals surface area contributed by atoms with E-state index in [4.69, 9.17) is 20.8 Å². The number of ether oxygens (including phenoxy) is 1. The third kappa shape index (κ3) is 3.32. The van der Waals surface area contributed by atoms with Crippen LogP contribution in [0, 0.1) is 0 Å². The summed E-state index contributed by atoms with van der Waals surface area (Å²) in [6, 6.07) is 12.0. The van der Waals surface area contributed by atoms with E-state index in [1.54, 1.807) is 48.7 Å². The molecule has 7 nitrogen and oxygen atoms in total. The van der Waals surface area contributed by atoms with Crippen LogP contribution in [0.2, 0.25) is 5.15 Å². The van der Waals surface area contributed by atoms with Crippen LogP contribution in [-0.4, -0.2) is 28.0 Å². The highest BCUT2D eigenvalue weighted by Gasteiger charge is 2.16. The van der Waals surface area contributed by atoms with Crippen molar-refractivity contribution in [3.63, 3.8) is 0 Å². The Balaban J connectivity index is 1.70. The molecule has 0 aliphatic rings. The number of carbonyl (C=O) groups is 1. The van der Waals surface area contributed by atoms with Crippen molar-refractivity contribution in [2.24, 2.45) is 0 Å². The monoisotopic (exact) mass is 380 g/mol. The van der Waals surface area contributed by atoms with Crippen molar-refractivity contribution >= 4 is 34.4 Å². The molecular formula is C19H13ClN4O3. The summed E-state index contributed by atoms with van der Waals surface area (Å²) in [7, 11) is 1.52. The summed E-state index contributed by atoms with van der Waals surface area (Å²) in [5.41, 5.74) is 2.47. The maximum atomic E-state index is 12.6. The van der Waals surface area contributed by atoms with Crippen molar-refractivity contribution in [2.75, 3.05) is 12.4 Å². The van der Waals surface area contributed by atoms with Gasteiger partial charge in [0.25, 0.3) is 5.91 Å². The lowest BCUT2D eigenvalue weighted by Gasteiger charge is -2.11. The highest BCUT2D eigenvalue weighted by molar-refractivity contribution is 6.33. The second-order valence-electron chi connectivity index (χ2n) is 5.56. The summed E-state index contributed by atoms with van der Waals surface area (Å²) in [6.07, 6.45) is 3.16. The number of hydrogen-bond acceptors (Lipinski definition) is 6. The number of fused-ring (bicyclic) bond motifs is 1. The molecule has 0 bridgehead atoms.